The molecular weight excluding hydrogens is 324 g/mol. The monoisotopic (exact) mass is 344 g/mol. The SMILES string of the molecule is O=C(NCc1ccccc1Cl)c1ccc(NC2CCCCC2)nn1. The van der Waals surface area contributed by atoms with Gasteiger partial charge >= 0.3 is 0 Å². The Bertz CT molecular complexity index is 684. The molecule has 0 atom stereocenters. The van der Waals surface area contributed by atoms with Crippen LogP contribution in [0, 0.1) is 0 Å². The van der Waals surface area contributed by atoms with Crippen molar-refractivity contribution in [1.82, 2.24) is 15.5 Å². The van der Waals surface area contributed by atoms with Crippen molar-refractivity contribution in [3.63, 3.8) is 0 Å². The molecule has 0 bridgehead atoms. The van der Waals surface area contributed by atoms with E-state index < -0.39 is 0 Å². The Morgan fingerprint density at radius 2 is 1.88 bits per heavy atom. The fourth-order valence-electron chi connectivity index (χ4n) is 2.89. The fraction of sp³-hybridized carbons (Fsp3) is 0.389. The van der Waals surface area contributed by atoms with Crippen LogP contribution in [0.5, 0.6) is 0 Å². The molecule has 0 radical (unpaired) electrons. The highest BCUT2D eigenvalue weighted by Crippen LogP contribution is 2.20. The molecule has 3 rings (SSSR count). The Morgan fingerprint density at radius 1 is 1.08 bits per heavy atom. The predicted molar refractivity (Wildman–Crippen MR) is 95.1 cm³/mol. The molecule has 126 valence electrons. The van der Waals surface area contributed by atoms with Crippen molar-refractivity contribution in [1.29, 1.82) is 0 Å². The van der Waals surface area contributed by atoms with Crippen LogP contribution in [0.15, 0.2) is 36.4 Å². The van der Waals surface area contributed by atoms with Gasteiger partial charge < -0.3 is 10.6 Å². The molecule has 0 spiro atoms. The van der Waals surface area contributed by atoms with Gasteiger partial charge in [-0.05, 0) is 36.6 Å². The second-order valence-corrected chi connectivity index (χ2v) is 6.46. The number of amides is 1. The summed E-state index contributed by atoms with van der Waals surface area (Å²) in [7, 11) is 0. The number of rotatable bonds is 5. The van der Waals surface area contributed by atoms with Gasteiger partial charge in [-0.3, -0.25) is 4.79 Å². The molecule has 2 aromatic rings. The zero-order valence-electron chi connectivity index (χ0n) is 13.5. The zero-order valence-corrected chi connectivity index (χ0v) is 14.2. The third-order valence-electron chi connectivity index (χ3n) is 4.25. The summed E-state index contributed by atoms with van der Waals surface area (Å²) < 4.78 is 0. The van der Waals surface area contributed by atoms with E-state index in [1.165, 1.54) is 32.1 Å². The molecule has 1 aromatic carbocycles. The molecule has 1 heterocycles. The van der Waals surface area contributed by atoms with Crippen molar-refractivity contribution >= 4 is 23.3 Å². The predicted octanol–water partition coefficient (Wildman–Crippen LogP) is 3.80. The smallest absolute Gasteiger partial charge is 0.272 e. The summed E-state index contributed by atoms with van der Waals surface area (Å²) >= 11 is 6.08. The van der Waals surface area contributed by atoms with E-state index in [1.54, 1.807) is 12.1 Å². The number of benzene rings is 1. The van der Waals surface area contributed by atoms with Gasteiger partial charge in [-0.15, -0.1) is 10.2 Å². The lowest BCUT2D eigenvalue weighted by Gasteiger charge is -2.22. The Hall–Kier alpha value is -2.14. The molecule has 0 unspecified atom stereocenters. The van der Waals surface area contributed by atoms with Gasteiger partial charge in [-0.25, -0.2) is 0 Å². The highest BCUT2D eigenvalue weighted by atomic mass is 35.5. The van der Waals surface area contributed by atoms with Crippen molar-refractivity contribution in [2.24, 2.45) is 0 Å². The first-order valence-electron chi connectivity index (χ1n) is 8.34. The fourth-order valence-corrected chi connectivity index (χ4v) is 3.10. The lowest BCUT2D eigenvalue weighted by molar-refractivity contribution is 0.0945. The van der Waals surface area contributed by atoms with E-state index in [-0.39, 0.29) is 5.91 Å². The minimum absolute atomic E-state index is 0.258. The number of anilines is 1. The van der Waals surface area contributed by atoms with Crippen LogP contribution in [-0.2, 0) is 6.54 Å². The van der Waals surface area contributed by atoms with Crippen LogP contribution in [0.4, 0.5) is 5.82 Å². The van der Waals surface area contributed by atoms with E-state index in [0.29, 0.717) is 23.3 Å². The average molecular weight is 345 g/mol. The Kier molecular flexibility index (Phi) is 5.64. The largest absolute Gasteiger partial charge is 0.366 e. The number of nitrogens with zero attached hydrogens (tertiary/aromatic N) is 2. The molecule has 1 amide bonds. The normalized spacial score (nSPS) is 15.0. The quantitative estimate of drug-likeness (QED) is 0.865. The van der Waals surface area contributed by atoms with Crippen LogP contribution in [0.2, 0.25) is 5.02 Å². The number of carbonyl (C=O) groups is 1. The van der Waals surface area contributed by atoms with Gasteiger partial charge in [0.05, 0.1) is 0 Å². The van der Waals surface area contributed by atoms with Gasteiger partial charge in [-0.1, -0.05) is 49.1 Å². The highest BCUT2D eigenvalue weighted by molar-refractivity contribution is 6.31. The topological polar surface area (TPSA) is 66.9 Å². The maximum Gasteiger partial charge on any atom is 0.272 e. The molecule has 5 nitrogen and oxygen atoms in total. The summed E-state index contributed by atoms with van der Waals surface area (Å²) in [5.74, 6) is 0.469. The van der Waals surface area contributed by atoms with E-state index in [4.69, 9.17) is 11.6 Å². The molecular formula is C18H21ClN4O. The number of halogens is 1. The van der Waals surface area contributed by atoms with Crippen molar-refractivity contribution < 1.29 is 4.79 Å². The summed E-state index contributed by atoms with van der Waals surface area (Å²) in [6, 6.07) is 11.4. The van der Waals surface area contributed by atoms with Crippen molar-refractivity contribution in [2.75, 3.05) is 5.32 Å². The van der Waals surface area contributed by atoms with Gasteiger partial charge in [0.2, 0.25) is 0 Å². The van der Waals surface area contributed by atoms with Crippen molar-refractivity contribution in [3.05, 3.63) is 52.7 Å². The van der Waals surface area contributed by atoms with E-state index in [0.717, 1.165) is 11.4 Å². The van der Waals surface area contributed by atoms with Crippen LogP contribution < -0.4 is 10.6 Å². The average Bonchev–Trinajstić information content (AvgIpc) is 2.62. The molecule has 24 heavy (non-hydrogen) atoms. The van der Waals surface area contributed by atoms with E-state index in [1.807, 2.05) is 24.3 Å². The minimum Gasteiger partial charge on any atom is -0.366 e. The number of carbonyl (C=O) groups excluding carboxylic acids is 1. The number of hydrogen-bond donors (Lipinski definition) is 2. The lowest BCUT2D eigenvalue weighted by atomic mass is 9.95. The Morgan fingerprint density at radius 3 is 2.58 bits per heavy atom. The molecule has 1 aliphatic carbocycles. The summed E-state index contributed by atoms with van der Waals surface area (Å²) in [6.45, 7) is 0.363. The van der Waals surface area contributed by atoms with Gasteiger partial charge in [-0.2, -0.15) is 0 Å². The third kappa shape index (κ3) is 4.45. The summed E-state index contributed by atoms with van der Waals surface area (Å²) in [4.78, 5) is 12.2. The van der Waals surface area contributed by atoms with Gasteiger partial charge in [0, 0.05) is 17.6 Å². The Balaban J connectivity index is 1.54. The van der Waals surface area contributed by atoms with E-state index >= 15 is 0 Å². The molecule has 1 saturated carbocycles. The van der Waals surface area contributed by atoms with Crippen molar-refractivity contribution in [3.8, 4) is 0 Å². The number of aromatic nitrogens is 2. The van der Waals surface area contributed by atoms with E-state index in [9.17, 15) is 4.79 Å². The molecule has 1 aromatic heterocycles. The molecule has 0 saturated heterocycles. The first kappa shape index (κ1) is 16.7. The van der Waals surface area contributed by atoms with Crippen LogP contribution in [0.1, 0.15) is 48.2 Å². The van der Waals surface area contributed by atoms with Crippen molar-refractivity contribution in [2.45, 2.75) is 44.7 Å². The van der Waals surface area contributed by atoms with E-state index in [2.05, 4.69) is 20.8 Å². The molecule has 2 N–H and O–H groups in total. The van der Waals surface area contributed by atoms with Crippen LogP contribution >= 0.6 is 11.6 Å². The second-order valence-electron chi connectivity index (χ2n) is 6.06. The minimum atomic E-state index is -0.258. The first-order chi connectivity index (χ1) is 11.7. The van der Waals surface area contributed by atoms with Gasteiger partial charge in [0.25, 0.3) is 5.91 Å². The maximum absolute atomic E-state index is 12.2. The summed E-state index contributed by atoms with van der Waals surface area (Å²) in [5.41, 5.74) is 1.17. The van der Waals surface area contributed by atoms with Crippen LogP contribution in [0.25, 0.3) is 0 Å². The molecule has 1 aliphatic rings. The molecule has 1 fully saturated rings. The second kappa shape index (κ2) is 8.11. The zero-order chi connectivity index (χ0) is 16.8. The number of nitrogens with one attached hydrogen (secondary N) is 2. The third-order valence-corrected chi connectivity index (χ3v) is 4.62. The highest BCUT2D eigenvalue weighted by Gasteiger charge is 2.14. The summed E-state index contributed by atoms with van der Waals surface area (Å²) in [6.07, 6.45) is 6.17. The molecule has 0 aliphatic heterocycles. The first-order valence-corrected chi connectivity index (χ1v) is 8.72. The van der Waals surface area contributed by atoms with Gasteiger partial charge in [0.15, 0.2) is 5.69 Å². The molecule has 6 heteroatoms. The summed E-state index contributed by atoms with van der Waals surface area (Å²) in [5, 5.41) is 15.0. The maximum atomic E-state index is 12.2. The van der Waals surface area contributed by atoms with Gasteiger partial charge in [0.1, 0.15) is 5.82 Å². The van der Waals surface area contributed by atoms with Crippen LogP contribution in [-0.4, -0.2) is 22.1 Å². The van der Waals surface area contributed by atoms with Crippen LogP contribution in [0.3, 0.4) is 0 Å². The number of hydrogen-bond acceptors (Lipinski definition) is 4. The lowest BCUT2D eigenvalue weighted by Crippen LogP contribution is -2.25. The standard InChI is InChI=1S/C18H21ClN4O/c19-15-9-5-4-6-13(15)12-20-18(24)16-10-11-17(23-22-16)21-14-7-2-1-3-8-14/h4-6,9-11,14H,1-3,7-8,12H2,(H,20,24)(H,21,23). The Labute approximate surface area is 146 Å².